The molecule has 0 aliphatic heterocycles. The Kier molecular flexibility index (Phi) is 1.76. The molecule has 0 fully saturated rings. The first-order chi connectivity index (χ1) is 6.50. The molecule has 0 saturated carbocycles. The molecule has 0 aliphatic carbocycles. The van der Waals surface area contributed by atoms with Gasteiger partial charge < -0.3 is 10.7 Å². The van der Waals surface area contributed by atoms with Crippen LogP contribution in [0.2, 0.25) is 0 Å². The fourth-order valence-corrected chi connectivity index (χ4v) is 1.97. The molecule has 0 amide bonds. The highest BCUT2D eigenvalue weighted by Crippen LogP contribution is 2.27. The highest BCUT2D eigenvalue weighted by atomic mass is 32.2. The molecular weight excluding hydrogens is 204 g/mol. The third-order valence-corrected chi connectivity index (χ3v) is 2.81. The standard InChI is InChI=1S/C8H8N2O3S/c9-7-5-3-1-2-4-6(5)10-8(7)14(11,12)13/h1-4,10H,9H2,(H,11,12,13). The van der Waals surface area contributed by atoms with Gasteiger partial charge in [-0.15, -0.1) is 0 Å². The first-order valence-electron chi connectivity index (χ1n) is 3.84. The van der Waals surface area contributed by atoms with E-state index in [0.29, 0.717) is 10.9 Å². The Labute approximate surface area is 80.3 Å². The van der Waals surface area contributed by atoms with E-state index in [0.717, 1.165) is 0 Å². The number of nitrogen functional groups attached to an aromatic ring is 1. The topological polar surface area (TPSA) is 96.2 Å². The van der Waals surface area contributed by atoms with Crippen LogP contribution >= 0.6 is 0 Å². The molecular formula is C8H8N2O3S. The Morgan fingerprint density at radius 3 is 2.50 bits per heavy atom. The fraction of sp³-hybridized carbons (Fsp3) is 0. The van der Waals surface area contributed by atoms with Crippen LogP contribution in [0, 0.1) is 0 Å². The number of rotatable bonds is 1. The van der Waals surface area contributed by atoms with Crippen molar-refractivity contribution in [2.24, 2.45) is 0 Å². The van der Waals surface area contributed by atoms with Crippen molar-refractivity contribution in [3.05, 3.63) is 24.3 Å². The molecule has 5 nitrogen and oxygen atoms in total. The molecule has 74 valence electrons. The number of hydrogen-bond donors (Lipinski definition) is 3. The smallest absolute Gasteiger partial charge is 0.312 e. The van der Waals surface area contributed by atoms with Crippen molar-refractivity contribution in [3.63, 3.8) is 0 Å². The average molecular weight is 212 g/mol. The Morgan fingerprint density at radius 1 is 1.29 bits per heavy atom. The van der Waals surface area contributed by atoms with Crippen molar-refractivity contribution in [2.75, 3.05) is 5.73 Å². The van der Waals surface area contributed by atoms with Crippen LogP contribution in [0.1, 0.15) is 0 Å². The zero-order valence-electron chi connectivity index (χ0n) is 7.06. The van der Waals surface area contributed by atoms with Gasteiger partial charge in [-0.05, 0) is 6.07 Å². The Hall–Kier alpha value is -1.53. The molecule has 0 spiro atoms. The molecule has 0 radical (unpaired) electrons. The molecule has 1 aromatic carbocycles. The minimum Gasteiger partial charge on any atom is -0.396 e. The zero-order valence-corrected chi connectivity index (χ0v) is 7.88. The highest BCUT2D eigenvalue weighted by molar-refractivity contribution is 7.85. The molecule has 1 heterocycles. The first-order valence-corrected chi connectivity index (χ1v) is 5.28. The van der Waals surface area contributed by atoms with Gasteiger partial charge in [-0.25, -0.2) is 0 Å². The number of fused-ring (bicyclic) bond motifs is 1. The number of benzene rings is 1. The second kappa shape index (κ2) is 2.73. The summed E-state index contributed by atoms with van der Waals surface area (Å²) in [5.74, 6) is 0. The summed E-state index contributed by atoms with van der Waals surface area (Å²) < 4.78 is 30.6. The Balaban J connectivity index is 2.89. The predicted molar refractivity (Wildman–Crippen MR) is 52.5 cm³/mol. The van der Waals surface area contributed by atoms with Crippen molar-refractivity contribution in [1.82, 2.24) is 4.98 Å². The van der Waals surface area contributed by atoms with Gasteiger partial charge in [0.25, 0.3) is 0 Å². The Morgan fingerprint density at radius 2 is 1.93 bits per heavy atom. The summed E-state index contributed by atoms with van der Waals surface area (Å²) in [7, 11) is -4.28. The van der Waals surface area contributed by atoms with Crippen LogP contribution < -0.4 is 5.73 Å². The maximum absolute atomic E-state index is 10.9. The van der Waals surface area contributed by atoms with Crippen LogP contribution in [0.15, 0.2) is 29.3 Å². The largest absolute Gasteiger partial charge is 0.396 e. The van der Waals surface area contributed by atoms with E-state index in [1.165, 1.54) is 0 Å². The maximum atomic E-state index is 10.9. The monoisotopic (exact) mass is 212 g/mol. The van der Waals surface area contributed by atoms with Crippen molar-refractivity contribution in [3.8, 4) is 0 Å². The molecule has 0 bridgehead atoms. The maximum Gasteiger partial charge on any atom is 0.312 e. The molecule has 0 unspecified atom stereocenters. The molecule has 4 N–H and O–H groups in total. The summed E-state index contributed by atoms with van der Waals surface area (Å²) in [6.45, 7) is 0. The fourth-order valence-electron chi connectivity index (χ4n) is 1.34. The second-order valence-corrected chi connectivity index (χ2v) is 4.25. The number of nitrogens with two attached hydrogens (primary N) is 1. The van der Waals surface area contributed by atoms with Crippen LogP contribution in [0.3, 0.4) is 0 Å². The van der Waals surface area contributed by atoms with E-state index in [9.17, 15) is 8.42 Å². The van der Waals surface area contributed by atoms with Gasteiger partial charge in [0.15, 0.2) is 5.03 Å². The SMILES string of the molecule is Nc1c(S(=O)(=O)O)[nH]c2ccccc12. The highest BCUT2D eigenvalue weighted by Gasteiger charge is 2.18. The van der Waals surface area contributed by atoms with Crippen molar-refractivity contribution in [1.29, 1.82) is 0 Å². The van der Waals surface area contributed by atoms with Crippen LogP contribution in [0.5, 0.6) is 0 Å². The lowest BCUT2D eigenvalue weighted by molar-refractivity contribution is 0.480. The van der Waals surface area contributed by atoms with E-state index < -0.39 is 10.1 Å². The van der Waals surface area contributed by atoms with Crippen LogP contribution in [0.25, 0.3) is 10.9 Å². The van der Waals surface area contributed by atoms with E-state index in [4.69, 9.17) is 10.3 Å². The first kappa shape index (κ1) is 9.04. The van der Waals surface area contributed by atoms with Crippen LogP contribution in [-0.2, 0) is 10.1 Å². The normalized spacial score (nSPS) is 12.1. The molecule has 0 atom stereocenters. The summed E-state index contributed by atoms with van der Waals surface area (Å²) in [5, 5.41) is 0.235. The van der Waals surface area contributed by atoms with Crippen LogP contribution in [0.4, 0.5) is 5.69 Å². The number of nitrogens with one attached hydrogen (secondary N) is 1. The number of aromatic amines is 1. The third kappa shape index (κ3) is 1.24. The summed E-state index contributed by atoms with van der Waals surface area (Å²) in [4.78, 5) is 2.54. The van der Waals surface area contributed by atoms with E-state index in [1.54, 1.807) is 24.3 Å². The lowest BCUT2D eigenvalue weighted by Gasteiger charge is -1.93. The van der Waals surface area contributed by atoms with Gasteiger partial charge >= 0.3 is 10.1 Å². The number of anilines is 1. The summed E-state index contributed by atoms with van der Waals surface area (Å²) >= 11 is 0. The third-order valence-electron chi connectivity index (χ3n) is 1.97. The number of aromatic nitrogens is 1. The zero-order chi connectivity index (χ0) is 10.3. The summed E-state index contributed by atoms with van der Waals surface area (Å²) in [6, 6.07) is 6.84. The van der Waals surface area contributed by atoms with Crippen molar-refractivity contribution in [2.45, 2.75) is 5.03 Å². The molecule has 1 aromatic heterocycles. The number of H-pyrrole nitrogens is 1. The van der Waals surface area contributed by atoms with Gasteiger partial charge in [-0.2, -0.15) is 8.42 Å². The van der Waals surface area contributed by atoms with E-state index in [2.05, 4.69) is 4.98 Å². The second-order valence-electron chi connectivity index (χ2n) is 2.89. The number of para-hydroxylation sites is 1. The van der Waals surface area contributed by atoms with Gasteiger partial charge in [0.05, 0.1) is 5.69 Å². The van der Waals surface area contributed by atoms with Gasteiger partial charge in [-0.3, -0.25) is 4.55 Å². The summed E-state index contributed by atoms with van der Waals surface area (Å²) in [5.41, 5.74) is 6.18. The van der Waals surface area contributed by atoms with Crippen LogP contribution in [-0.4, -0.2) is 18.0 Å². The van der Waals surface area contributed by atoms with E-state index in [1.807, 2.05) is 0 Å². The molecule has 6 heteroatoms. The minimum atomic E-state index is -4.28. The Bertz CT molecular complexity index is 586. The van der Waals surface area contributed by atoms with Gasteiger partial charge in [0.1, 0.15) is 0 Å². The predicted octanol–water partition coefficient (Wildman–Crippen LogP) is 0.997. The molecule has 0 aliphatic rings. The number of hydrogen-bond acceptors (Lipinski definition) is 3. The van der Waals surface area contributed by atoms with Gasteiger partial charge in [-0.1, -0.05) is 18.2 Å². The molecule has 2 aromatic rings. The average Bonchev–Trinajstić information content (AvgIpc) is 2.44. The van der Waals surface area contributed by atoms with Crippen molar-refractivity contribution >= 4 is 26.7 Å². The molecule has 2 rings (SSSR count). The lowest BCUT2D eigenvalue weighted by Crippen LogP contribution is -2.01. The van der Waals surface area contributed by atoms with E-state index in [-0.39, 0.29) is 10.7 Å². The van der Waals surface area contributed by atoms with Crippen molar-refractivity contribution < 1.29 is 13.0 Å². The van der Waals surface area contributed by atoms with E-state index >= 15 is 0 Å². The quantitative estimate of drug-likeness (QED) is 0.614. The lowest BCUT2D eigenvalue weighted by atomic mass is 10.2. The van der Waals surface area contributed by atoms with Gasteiger partial charge in [0, 0.05) is 10.9 Å². The van der Waals surface area contributed by atoms with Gasteiger partial charge in [0.2, 0.25) is 0 Å². The molecule has 0 saturated heterocycles. The minimum absolute atomic E-state index is 0.0445. The molecule has 14 heavy (non-hydrogen) atoms. The summed E-state index contributed by atoms with van der Waals surface area (Å²) in [6.07, 6.45) is 0.